The van der Waals surface area contributed by atoms with Crippen molar-refractivity contribution in [3.8, 4) is 0 Å². The van der Waals surface area contributed by atoms with Crippen LogP contribution in [-0.2, 0) is 6.54 Å². The van der Waals surface area contributed by atoms with E-state index >= 15 is 0 Å². The fourth-order valence-corrected chi connectivity index (χ4v) is 2.82. The van der Waals surface area contributed by atoms with E-state index in [1.807, 2.05) is 49.4 Å². The van der Waals surface area contributed by atoms with E-state index in [-0.39, 0.29) is 5.91 Å². The molecule has 0 aliphatic heterocycles. The van der Waals surface area contributed by atoms with Gasteiger partial charge < -0.3 is 5.32 Å². The molecule has 0 saturated heterocycles. The number of anilines is 1. The number of halogens is 1. The number of nitrogens with one attached hydrogen (secondary N) is 1. The number of fused-ring (bicyclic) bond motifs is 1. The van der Waals surface area contributed by atoms with Gasteiger partial charge in [-0.05, 0) is 34.3 Å². The molecule has 1 aromatic heterocycles. The van der Waals surface area contributed by atoms with E-state index in [2.05, 4.69) is 26.3 Å². The van der Waals surface area contributed by atoms with Gasteiger partial charge in [0.15, 0.2) is 0 Å². The molecule has 2 aromatic carbocycles. The van der Waals surface area contributed by atoms with E-state index in [0.717, 1.165) is 16.5 Å². The summed E-state index contributed by atoms with van der Waals surface area (Å²) < 4.78 is 2.37. The van der Waals surface area contributed by atoms with Crippen molar-refractivity contribution in [2.45, 2.75) is 13.5 Å². The summed E-state index contributed by atoms with van der Waals surface area (Å²) in [6.45, 7) is 2.60. The molecule has 106 valence electrons. The molecule has 3 aromatic rings. The Morgan fingerprint density at radius 3 is 2.81 bits per heavy atom. The zero-order valence-corrected chi connectivity index (χ0v) is 13.1. The highest BCUT2D eigenvalue weighted by Crippen LogP contribution is 2.24. The molecule has 0 atom stereocenters. The topological polar surface area (TPSA) is 46.9 Å². The molecule has 0 bridgehead atoms. The van der Waals surface area contributed by atoms with E-state index < -0.39 is 0 Å². The summed E-state index contributed by atoms with van der Waals surface area (Å²) in [5.41, 5.74) is 1.33. The minimum Gasteiger partial charge on any atom is -0.320 e. The fraction of sp³-hybridized carbons (Fsp3) is 0.125. The Hall–Kier alpha value is -2.14. The van der Waals surface area contributed by atoms with Crippen LogP contribution in [0, 0.1) is 0 Å². The van der Waals surface area contributed by atoms with Gasteiger partial charge in [-0.15, -0.1) is 0 Å². The van der Waals surface area contributed by atoms with Crippen molar-refractivity contribution in [3.05, 3.63) is 58.8 Å². The summed E-state index contributed by atoms with van der Waals surface area (Å²) in [6.07, 6.45) is 1.64. The fourth-order valence-electron chi connectivity index (χ4n) is 2.34. The molecule has 1 N–H and O–H groups in total. The van der Waals surface area contributed by atoms with Gasteiger partial charge in [0.05, 0.1) is 10.7 Å². The lowest BCUT2D eigenvalue weighted by Crippen LogP contribution is -2.18. The average molecular weight is 344 g/mol. The van der Waals surface area contributed by atoms with E-state index in [1.54, 1.807) is 10.9 Å². The zero-order chi connectivity index (χ0) is 14.8. The van der Waals surface area contributed by atoms with Crippen molar-refractivity contribution >= 4 is 38.3 Å². The highest BCUT2D eigenvalue weighted by Gasteiger charge is 2.17. The molecule has 5 heteroatoms. The molecule has 0 spiro atoms. The molecule has 21 heavy (non-hydrogen) atoms. The Kier molecular flexibility index (Phi) is 3.75. The number of benzene rings is 2. The standard InChI is InChI=1S/C16H14BrN3O/c1-2-20-15(13(17)10-18-20)16(21)19-14-9-5-7-11-6-3-4-8-12(11)14/h3-10H,2H2,1H3,(H,19,21). The lowest BCUT2D eigenvalue weighted by Gasteiger charge is -2.10. The summed E-state index contributed by atoms with van der Waals surface area (Å²) in [5, 5.41) is 9.26. The summed E-state index contributed by atoms with van der Waals surface area (Å²) in [5.74, 6) is -0.169. The summed E-state index contributed by atoms with van der Waals surface area (Å²) >= 11 is 3.38. The molecule has 0 aliphatic carbocycles. The van der Waals surface area contributed by atoms with Gasteiger partial charge in [0.1, 0.15) is 5.69 Å². The SMILES string of the molecule is CCn1ncc(Br)c1C(=O)Nc1cccc2ccccc12. The van der Waals surface area contributed by atoms with Crippen molar-refractivity contribution in [1.29, 1.82) is 0 Å². The van der Waals surface area contributed by atoms with Gasteiger partial charge in [-0.2, -0.15) is 5.10 Å². The van der Waals surface area contributed by atoms with Gasteiger partial charge in [-0.25, -0.2) is 0 Å². The Labute approximate surface area is 130 Å². The minimum absolute atomic E-state index is 0.169. The predicted octanol–water partition coefficient (Wildman–Crippen LogP) is 4.07. The molecule has 0 unspecified atom stereocenters. The van der Waals surface area contributed by atoms with Crippen molar-refractivity contribution in [3.63, 3.8) is 0 Å². The normalized spacial score (nSPS) is 10.8. The first-order valence-electron chi connectivity index (χ1n) is 6.71. The zero-order valence-electron chi connectivity index (χ0n) is 11.5. The monoisotopic (exact) mass is 343 g/mol. The maximum atomic E-state index is 12.5. The Bertz CT molecular complexity index is 805. The highest BCUT2D eigenvalue weighted by atomic mass is 79.9. The van der Waals surface area contributed by atoms with Crippen LogP contribution in [-0.4, -0.2) is 15.7 Å². The van der Waals surface area contributed by atoms with Crippen LogP contribution in [0.15, 0.2) is 53.1 Å². The van der Waals surface area contributed by atoms with E-state index in [0.29, 0.717) is 16.7 Å². The lowest BCUT2D eigenvalue weighted by atomic mass is 10.1. The van der Waals surface area contributed by atoms with Crippen LogP contribution in [0.5, 0.6) is 0 Å². The van der Waals surface area contributed by atoms with Gasteiger partial charge in [-0.1, -0.05) is 36.4 Å². The van der Waals surface area contributed by atoms with E-state index in [9.17, 15) is 4.79 Å². The van der Waals surface area contributed by atoms with Gasteiger partial charge in [0.25, 0.3) is 5.91 Å². The third kappa shape index (κ3) is 2.56. The summed E-state index contributed by atoms with van der Waals surface area (Å²) in [4.78, 5) is 12.5. The first-order chi connectivity index (χ1) is 10.2. The quantitative estimate of drug-likeness (QED) is 0.779. The van der Waals surface area contributed by atoms with Crippen molar-refractivity contribution in [2.24, 2.45) is 0 Å². The number of aromatic nitrogens is 2. The molecule has 1 amide bonds. The number of amides is 1. The maximum Gasteiger partial charge on any atom is 0.275 e. The maximum absolute atomic E-state index is 12.5. The van der Waals surface area contributed by atoms with E-state index in [4.69, 9.17) is 0 Å². The van der Waals surface area contributed by atoms with Crippen LogP contribution in [0.1, 0.15) is 17.4 Å². The number of carbonyl (C=O) groups excluding carboxylic acids is 1. The number of carbonyl (C=O) groups is 1. The second-order valence-corrected chi connectivity index (χ2v) is 5.49. The third-order valence-electron chi connectivity index (χ3n) is 3.35. The Morgan fingerprint density at radius 2 is 2.00 bits per heavy atom. The van der Waals surface area contributed by atoms with Gasteiger partial charge in [0.2, 0.25) is 0 Å². The third-order valence-corrected chi connectivity index (χ3v) is 3.93. The largest absolute Gasteiger partial charge is 0.320 e. The van der Waals surface area contributed by atoms with Crippen LogP contribution < -0.4 is 5.32 Å². The number of rotatable bonds is 3. The Balaban J connectivity index is 1.99. The average Bonchev–Trinajstić information content (AvgIpc) is 2.88. The van der Waals surface area contributed by atoms with E-state index in [1.165, 1.54) is 0 Å². The van der Waals surface area contributed by atoms with Crippen molar-refractivity contribution < 1.29 is 4.79 Å². The number of aryl methyl sites for hydroxylation is 1. The minimum atomic E-state index is -0.169. The summed E-state index contributed by atoms with van der Waals surface area (Å²) in [6, 6.07) is 13.8. The van der Waals surface area contributed by atoms with Crippen molar-refractivity contribution in [1.82, 2.24) is 9.78 Å². The molecular formula is C16H14BrN3O. The number of nitrogens with zero attached hydrogens (tertiary/aromatic N) is 2. The first kappa shape index (κ1) is 13.8. The molecule has 1 heterocycles. The molecule has 0 saturated carbocycles. The van der Waals surface area contributed by atoms with Crippen LogP contribution in [0.4, 0.5) is 5.69 Å². The molecule has 0 fully saturated rings. The highest BCUT2D eigenvalue weighted by molar-refractivity contribution is 9.10. The molecule has 3 rings (SSSR count). The second kappa shape index (κ2) is 5.69. The van der Waals surface area contributed by atoms with Gasteiger partial charge in [-0.3, -0.25) is 9.48 Å². The van der Waals surface area contributed by atoms with Crippen LogP contribution in [0.3, 0.4) is 0 Å². The van der Waals surface area contributed by atoms with Crippen LogP contribution >= 0.6 is 15.9 Å². The Morgan fingerprint density at radius 1 is 1.24 bits per heavy atom. The first-order valence-corrected chi connectivity index (χ1v) is 7.50. The van der Waals surface area contributed by atoms with Crippen molar-refractivity contribution in [2.75, 3.05) is 5.32 Å². The van der Waals surface area contributed by atoms with Gasteiger partial charge in [0, 0.05) is 17.6 Å². The smallest absolute Gasteiger partial charge is 0.275 e. The van der Waals surface area contributed by atoms with Crippen LogP contribution in [0.2, 0.25) is 0 Å². The lowest BCUT2D eigenvalue weighted by molar-refractivity contribution is 0.101. The summed E-state index contributed by atoms with van der Waals surface area (Å²) in [7, 11) is 0. The molecule has 0 aliphatic rings. The number of hydrogen-bond acceptors (Lipinski definition) is 2. The molecule has 4 nitrogen and oxygen atoms in total. The predicted molar refractivity (Wildman–Crippen MR) is 87.5 cm³/mol. The second-order valence-electron chi connectivity index (χ2n) is 4.64. The van der Waals surface area contributed by atoms with Gasteiger partial charge >= 0.3 is 0 Å². The number of hydrogen-bond donors (Lipinski definition) is 1. The molecular weight excluding hydrogens is 330 g/mol. The van der Waals surface area contributed by atoms with Crippen LogP contribution in [0.25, 0.3) is 10.8 Å². The molecule has 0 radical (unpaired) electrons.